The molecule has 1 N–H and O–H groups in total. The van der Waals surface area contributed by atoms with Gasteiger partial charge in [-0.05, 0) is 49.9 Å². The van der Waals surface area contributed by atoms with E-state index in [1.807, 2.05) is 6.92 Å². The molecule has 0 aliphatic heterocycles. The molecule has 23 heavy (non-hydrogen) atoms. The molecule has 5 heteroatoms. The van der Waals surface area contributed by atoms with E-state index in [0.717, 1.165) is 0 Å². The highest BCUT2D eigenvalue weighted by molar-refractivity contribution is 5.88. The molecule has 0 aromatic rings. The smallest absolute Gasteiger partial charge is 0.378 e. The molecule has 0 amide bonds. The Kier molecular flexibility index (Phi) is 8.05. The molecular weight excluding hydrogens is 303 g/mol. The first-order valence-corrected chi connectivity index (χ1v) is 8.94. The molecule has 3 atom stereocenters. The number of alkyl halides is 3. The Morgan fingerprint density at radius 2 is 1.74 bits per heavy atom. The molecule has 1 fully saturated rings. The summed E-state index contributed by atoms with van der Waals surface area (Å²) in [6.07, 6.45) is 0.0332. The lowest BCUT2D eigenvalue weighted by molar-refractivity contribution is -0.0649. The van der Waals surface area contributed by atoms with E-state index in [9.17, 15) is 13.2 Å². The van der Waals surface area contributed by atoms with E-state index in [-0.39, 0.29) is 6.10 Å². The van der Waals surface area contributed by atoms with Crippen LogP contribution in [-0.2, 0) is 4.74 Å². The Bertz CT molecular complexity index is 364. The number of ether oxygens (including phenoxy) is 1. The van der Waals surface area contributed by atoms with Crippen molar-refractivity contribution >= 4 is 5.71 Å². The van der Waals surface area contributed by atoms with Crippen molar-refractivity contribution in [3.8, 4) is 0 Å². The van der Waals surface area contributed by atoms with E-state index < -0.39 is 17.8 Å². The van der Waals surface area contributed by atoms with Crippen LogP contribution in [0.25, 0.3) is 0 Å². The van der Waals surface area contributed by atoms with Crippen LogP contribution in [0.5, 0.6) is 0 Å². The second-order valence-corrected chi connectivity index (χ2v) is 7.44. The van der Waals surface area contributed by atoms with Crippen LogP contribution in [0.1, 0.15) is 66.2 Å². The SMILES string of the molecule is CCCC(CCC(OCC(C)C)[C@@H](C)C1CC1)C(=N)C(F)(F)F. The van der Waals surface area contributed by atoms with Crippen molar-refractivity contribution in [1.29, 1.82) is 5.41 Å². The average Bonchev–Trinajstić information content (AvgIpc) is 3.28. The van der Waals surface area contributed by atoms with E-state index in [2.05, 4.69) is 20.8 Å². The van der Waals surface area contributed by atoms with Crippen molar-refractivity contribution in [2.75, 3.05) is 6.61 Å². The molecule has 1 saturated carbocycles. The highest BCUT2D eigenvalue weighted by Gasteiger charge is 2.40. The molecule has 0 radical (unpaired) electrons. The normalized spacial score (nSPS) is 19.7. The van der Waals surface area contributed by atoms with Gasteiger partial charge in [0.05, 0.1) is 6.10 Å². The standard InChI is InChI=1S/C18H32F3NO/c1-5-6-15(17(22)18(19,20)21)9-10-16(23-11-12(2)3)13(4)14-7-8-14/h12-16,22H,5-11H2,1-4H3/t13-,15?,16?/m0/s1. The summed E-state index contributed by atoms with van der Waals surface area (Å²) in [5.74, 6) is 0.787. The van der Waals surface area contributed by atoms with Crippen LogP contribution in [0.3, 0.4) is 0 Å². The second-order valence-electron chi connectivity index (χ2n) is 7.44. The Balaban J connectivity index is 2.62. The Labute approximate surface area is 138 Å². The maximum Gasteiger partial charge on any atom is 0.429 e. The minimum atomic E-state index is -4.50. The molecule has 1 rings (SSSR count). The van der Waals surface area contributed by atoms with Crippen molar-refractivity contribution < 1.29 is 17.9 Å². The number of hydrogen-bond donors (Lipinski definition) is 1. The van der Waals surface area contributed by atoms with Crippen molar-refractivity contribution in [3.05, 3.63) is 0 Å². The third-order valence-corrected chi connectivity index (χ3v) is 4.75. The number of nitrogens with one attached hydrogen (secondary N) is 1. The lowest BCUT2D eigenvalue weighted by Gasteiger charge is -2.28. The summed E-state index contributed by atoms with van der Waals surface area (Å²) in [5, 5.41) is 7.45. The molecule has 0 aromatic carbocycles. The summed E-state index contributed by atoms with van der Waals surface area (Å²) in [5.41, 5.74) is -1.07. The summed E-state index contributed by atoms with van der Waals surface area (Å²) in [6, 6.07) is 0. The first-order valence-electron chi connectivity index (χ1n) is 8.94. The summed E-state index contributed by atoms with van der Waals surface area (Å²) in [7, 11) is 0. The van der Waals surface area contributed by atoms with Crippen LogP contribution in [0.4, 0.5) is 13.2 Å². The second kappa shape index (κ2) is 9.05. The molecule has 0 heterocycles. The van der Waals surface area contributed by atoms with Gasteiger partial charge in [-0.1, -0.05) is 34.1 Å². The lowest BCUT2D eigenvalue weighted by atomic mass is 9.87. The lowest BCUT2D eigenvalue weighted by Crippen LogP contribution is -2.32. The highest BCUT2D eigenvalue weighted by Crippen LogP contribution is 2.40. The topological polar surface area (TPSA) is 33.1 Å². The van der Waals surface area contributed by atoms with Crippen molar-refractivity contribution in [2.24, 2.45) is 23.7 Å². The van der Waals surface area contributed by atoms with Gasteiger partial charge in [0.1, 0.15) is 5.71 Å². The largest absolute Gasteiger partial charge is 0.429 e. The predicted octanol–water partition coefficient (Wildman–Crippen LogP) is 5.85. The van der Waals surface area contributed by atoms with Gasteiger partial charge in [0.15, 0.2) is 0 Å². The van der Waals surface area contributed by atoms with Gasteiger partial charge in [0.2, 0.25) is 0 Å². The first-order chi connectivity index (χ1) is 10.7. The van der Waals surface area contributed by atoms with E-state index in [4.69, 9.17) is 10.1 Å². The Hall–Kier alpha value is -0.580. The summed E-state index contributed by atoms with van der Waals surface area (Å²) in [4.78, 5) is 0. The average molecular weight is 335 g/mol. The number of halogens is 3. The molecule has 0 aromatic heterocycles. The molecule has 0 saturated heterocycles. The summed E-state index contributed by atoms with van der Waals surface area (Å²) in [6.45, 7) is 8.84. The zero-order valence-electron chi connectivity index (χ0n) is 14.9. The molecule has 136 valence electrons. The van der Waals surface area contributed by atoms with E-state index in [1.165, 1.54) is 12.8 Å². The molecule has 0 bridgehead atoms. The van der Waals surface area contributed by atoms with Crippen LogP contribution in [-0.4, -0.2) is 24.6 Å². The fourth-order valence-corrected chi connectivity index (χ4v) is 3.12. The molecule has 1 aliphatic carbocycles. The summed E-state index contributed by atoms with van der Waals surface area (Å²) < 4.78 is 44.5. The quantitative estimate of drug-likeness (QED) is 0.472. The van der Waals surface area contributed by atoms with Crippen LogP contribution >= 0.6 is 0 Å². The molecule has 2 nitrogen and oxygen atoms in total. The van der Waals surface area contributed by atoms with E-state index in [0.29, 0.717) is 50.0 Å². The minimum absolute atomic E-state index is 0.0188. The monoisotopic (exact) mass is 335 g/mol. The molecule has 2 unspecified atom stereocenters. The Morgan fingerprint density at radius 1 is 1.13 bits per heavy atom. The van der Waals surface area contributed by atoms with Crippen molar-refractivity contribution in [1.82, 2.24) is 0 Å². The van der Waals surface area contributed by atoms with Crippen molar-refractivity contribution in [2.45, 2.75) is 78.5 Å². The van der Waals surface area contributed by atoms with Gasteiger partial charge in [-0.2, -0.15) is 13.2 Å². The fraction of sp³-hybridized carbons (Fsp3) is 0.944. The van der Waals surface area contributed by atoms with Gasteiger partial charge in [-0.15, -0.1) is 0 Å². The molecule has 0 spiro atoms. The maximum absolute atomic E-state index is 12.8. The highest BCUT2D eigenvalue weighted by atomic mass is 19.4. The molecule has 1 aliphatic rings. The zero-order valence-corrected chi connectivity index (χ0v) is 14.9. The van der Waals surface area contributed by atoms with Gasteiger partial charge in [-0.3, -0.25) is 0 Å². The Morgan fingerprint density at radius 3 is 2.17 bits per heavy atom. The maximum atomic E-state index is 12.8. The number of rotatable bonds is 11. The van der Waals surface area contributed by atoms with Crippen LogP contribution in [0.2, 0.25) is 0 Å². The zero-order chi connectivity index (χ0) is 17.6. The van der Waals surface area contributed by atoms with Crippen LogP contribution in [0, 0.1) is 29.1 Å². The number of hydrogen-bond acceptors (Lipinski definition) is 2. The van der Waals surface area contributed by atoms with Gasteiger partial charge in [0, 0.05) is 12.5 Å². The minimum Gasteiger partial charge on any atom is -0.378 e. The van der Waals surface area contributed by atoms with Gasteiger partial charge < -0.3 is 10.1 Å². The van der Waals surface area contributed by atoms with E-state index in [1.54, 1.807) is 0 Å². The summed E-state index contributed by atoms with van der Waals surface area (Å²) >= 11 is 0. The van der Waals surface area contributed by atoms with Crippen molar-refractivity contribution in [3.63, 3.8) is 0 Å². The van der Waals surface area contributed by atoms with Gasteiger partial charge >= 0.3 is 6.18 Å². The van der Waals surface area contributed by atoms with Gasteiger partial charge in [-0.25, -0.2) is 0 Å². The van der Waals surface area contributed by atoms with Crippen LogP contribution < -0.4 is 0 Å². The third-order valence-electron chi connectivity index (χ3n) is 4.75. The van der Waals surface area contributed by atoms with E-state index >= 15 is 0 Å². The van der Waals surface area contributed by atoms with Crippen LogP contribution in [0.15, 0.2) is 0 Å². The third kappa shape index (κ3) is 7.23. The molecular formula is C18H32F3NO. The first kappa shape index (κ1) is 20.5. The fourth-order valence-electron chi connectivity index (χ4n) is 3.12. The van der Waals surface area contributed by atoms with Gasteiger partial charge in [0.25, 0.3) is 0 Å². The predicted molar refractivity (Wildman–Crippen MR) is 87.9 cm³/mol.